The highest BCUT2D eigenvalue weighted by atomic mass is 16.5. The van der Waals surface area contributed by atoms with Crippen LogP contribution in [0.2, 0.25) is 0 Å². The fourth-order valence-corrected chi connectivity index (χ4v) is 3.99. The number of para-hydroxylation sites is 3. The lowest BCUT2D eigenvalue weighted by atomic mass is 10.1. The molecule has 3 aromatic carbocycles. The van der Waals surface area contributed by atoms with Crippen LogP contribution in [0.5, 0.6) is 5.75 Å². The van der Waals surface area contributed by atoms with E-state index in [9.17, 15) is 14.4 Å². The van der Waals surface area contributed by atoms with Gasteiger partial charge in [0.1, 0.15) is 18.8 Å². The van der Waals surface area contributed by atoms with Crippen molar-refractivity contribution in [3.8, 4) is 5.75 Å². The number of rotatable bonds is 7. The zero-order chi connectivity index (χ0) is 24.8. The maximum atomic E-state index is 13.1. The lowest BCUT2D eigenvalue weighted by Crippen LogP contribution is -2.51. The number of hydrogen-bond acceptors (Lipinski definition) is 4. The molecule has 0 bridgehead atoms. The Morgan fingerprint density at radius 3 is 2.29 bits per heavy atom. The van der Waals surface area contributed by atoms with E-state index in [1.54, 1.807) is 48.5 Å². The van der Waals surface area contributed by atoms with E-state index in [2.05, 4.69) is 10.6 Å². The first kappa shape index (κ1) is 23.8. The molecule has 0 aliphatic carbocycles. The first-order valence-electron chi connectivity index (χ1n) is 11.6. The highest BCUT2D eigenvalue weighted by molar-refractivity contribution is 6.15. The molecule has 1 heterocycles. The van der Waals surface area contributed by atoms with Gasteiger partial charge in [-0.1, -0.05) is 37.3 Å². The molecule has 0 aromatic heterocycles. The number of carbonyl (C=O) groups excluding carboxylic acids is 3. The van der Waals surface area contributed by atoms with E-state index < -0.39 is 6.03 Å². The molecule has 0 saturated carbocycles. The van der Waals surface area contributed by atoms with Gasteiger partial charge in [0.25, 0.3) is 0 Å². The first-order chi connectivity index (χ1) is 17.0. The molecule has 0 saturated heterocycles. The van der Waals surface area contributed by atoms with E-state index in [1.165, 1.54) is 9.80 Å². The van der Waals surface area contributed by atoms with Gasteiger partial charge in [-0.3, -0.25) is 19.4 Å². The minimum absolute atomic E-state index is 0.151. The smallest absolute Gasteiger partial charge is 0.326 e. The van der Waals surface area contributed by atoms with Crippen molar-refractivity contribution in [2.75, 3.05) is 40.1 Å². The van der Waals surface area contributed by atoms with Gasteiger partial charge < -0.3 is 15.4 Å². The van der Waals surface area contributed by atoms with Crippen molar-refractivity contribution in [1.29, 1.82) is 0 Å². The Morgan fingerprint density at radius 1 is 0.886 bits per heavy atom. The number of benzene rings is 3. The Hall–Kier alpha value is -4.33. The zero-order valence-corrected chi connectivity index (χ0v) is 19.8. The van der Waals surface area contributed by atoms with Gasteiger partial charge in [0, 0.05) is 11.4 Å². The summed E-state index contributed by atoms with van der Waals surface area (Å²) in [5.74, 6) is 0.0605. The largest absolute Gasteiger partial charge is 0.494 e. The van der Waals surface area contributed by atoms with Crippen molar-refractivity contribution in [3.63, 3.8) is 0 Å². The predicted octanol–water partition coefficient (Wildman–Crippen LogP) is 4.67. The van der Waals surface area contributed by atoms with Gasteiger partial charge in [0.2, 0.25) is 11.8 Å². The van der Waals surface area contributed by atoms with Gasteiger partial charge in [-0.25, -0.2) is 4.79 Å². The number of hydrogen-bond donors (Lipinski definition) is 2. The Labute approximate surface area is 204 Å². The second-order valence-corrected chi connectivity index (χ2v) is 8.00. The van der Waals surface area contributed by atoms with E-state index in [4.69, 9.17) is 4.74 Å². The van der Waals surface area contributed by atoms with Gasteiger partial charge in [0.15, 0.2) is 0 Å². The predicted molar refractivity (Wildman–Crippen MR) is 137 cm³/mol. The molecule has 4 rings (SSSR count). The summed E-state index contributed by atoms with van der Waals surface area (Å²) in [5, 5.41) is 5.73. The summed E-state index contributed by atoms with van der Waals surface area (Å²) in [6.07, 6.45) is 0.778. The Balaban J connectivity index is 1.50. The van der Waals surface area contributed by atoms with Crippen molar-refractivity contribution < 1.29 is 19.1 Å². The van der Waals surface area contributed by atoms with Gasteiger partial charge in [-0.2, -0.15) is 0 Å². The van der Waals surface area contributed by atoms with Crippen molar-refractivity contribution in [1.82, 2.24) is 0 Å². The van der Waals surface area contributed by atoms with Crippen molar-refractivity contribution in [2.24, 2.45) is 0 Å². The Bertz CT molecular complexity index is 1230. The summed E-state index contributed by atoms with van der Waals surface area (Å²) in [5.41, 5.74) is 3.39. The van der Waals surface area contributed by atoms with E-state index >= 15 is 0 Å². The van der Waals surface area contributed by atoms with Crippen LogP contribution in [0, 0.1) is 0 Å². The number of ether oxygens (including phenoxy) is 1. The number of anilines is 4. The van der Waals surface area contributed by atoms with E-state index in [-0.39, 0.29) is 24.9 Å². The van der Waals surface area contributed by atoms with Crippen LogP contribution in [0.3, 0.4) is 0 Å². The van der Waals surface area contributed by atoms with Crippen LogP contribution < -0.4 is 25.2 Å². The Kier molecular flexibility index (Phi) is 7.30. The third-order valence-electron chi connectivity index (χ3n) is 5.69. The number of carbonyl (C=O) groups is 3. The van der Waals surface area contributed by atoms with E-state index in [1.807, 2.05) is 38.1 Å². The summed E-state index contributed by atoms with van der Waals surface area (Å²) < 4.78 is 5.43. The summed E-state index contributed by atoms with van der Waals surface area (Å²) in [6, 6.07) is 21.2. The lowest BCUT2D eigenvalue weighted by molar-refractivity contribution is -0.120. The molecule has 0 unspecified atom stereocenters. The van der Waals surface area contributed by atoms with Crippen LogP contribution in [0.25, 0.3) is 0 Å². The third-order valence-corrected chi connectivity index (χ3v) is 5.69. The van der Waals surface area contributed by atoms with Crippen molar-refractivity contribution in [2.45, 2.75) is 20.3 Å². The number of aryl methyl sites for hydroxylation is 1. The monoisotopic (exact) mass is 472 g/mol. The third kappa shape index (κ3) is 5.43. The molecule has 180 valence electrons. The van der Waals surface area contributed by atoms with Crippen LogP contribution in [0.1, 0.15) is 19.4 Å². The molecule has 8 nitrogen and oxygen atoms in total. The average molecular weight is 473 g/mol. The number of urea groups is 1. The number of fused-ring (bicyclic) bond motifs is 1. The summed E-state index contributed by atoms with van der Waals surface area (Å²) in [6.45, 7) is 4.14. The van der Waals surface area contributed by atoms with E-state index in [0.29, 0.717) is 29.4 Å². The molecule has 35 heavy (non-hydrogen) atoms. The Morgan fingerprint density at radius 2 is 1.57 bits per heavy atom. The second-order valence-electron chi connectivity index (χ2n) is 8.00. The molecule has 1 aliphatic heterocycles. The van der Waals surface area contributed by atoms with Crippen molar-refractivity contribution >= 4 is 40.6 Å². The van der Waals surface area contributed by atoms with Crippen LogP contribution in [-0.2, 0) is 16.0 Å². The fourth-order valence-electron chi connectivity index (χ4n) is 3.99. The molecule has 0 fully saturated rings. The maximum Gasteiger partial charge on any atom is 0.326 e. The number of nitrogens with zero attached hydrogens (tertiary/aromatic N) is 2. The molecule has 0 atom stereocenters. The van der Waals surface area contributed by atoms with Gasteiger partial charge in [0.05, 0.1) is 18.0 Å². The molecule has 8 heteroatoms. The molecule has 3 aromatic rings. The summed E-state index contributed by atoms with van der Waals surface area (Å²) >= 11 is 0. The van der Waals surface area contributed by atoms with Crippen LogP contribution in [0.4, 0.5) is 27.5 Å². The van der Waals surface area contributed by atoms with E-state index in [0.717, 1.165) is 17.7 Å². The number of amides is 4. The molecule has 1 aliphatic rings. The average Bonchev–Trinajstić information content (AvgIpc) is 2.87. The molecule has 2 N–H and O–H groups in total. The van der Waals surface area contributed by atoms with Crippen molar-refractivity contribution in [3.05, 3.63) is 78.4 Å². The van der Waals surface area contributed by atoms with Gasteiger partial charge in [-0.05, 0) is 61.4 Å². The lowest BCUT2D eigenvalue weighted by Gasteiger charge is -2.35. The molecule has 4 amide bonds. The summed E-state index contributed by atoms with van der Waals surface area (Å²) in [7, 11) is 0. The molecular weight excluding hydrogens is 444 g/mol. The van der Waals surface area contributed by atoms with Crippen LogP contribution >= 0.6 is 0 Å². The normalized spacial score (nSPS) is 12.7. The maximum absolute atomic E-state index is 13.1. The zero-order valence-electron chi connectivity index (χ0n) is 19.8. The van der Waals surface area contributed by atoms with Gasteiger partial charge >= 0.3 is 6.03 Å². The highest BCUT2D eigenvalue weighted by Gasteiger charge is 2.33. The topological polar surface area (TPSA) is 91.0 Å². The SMILES string of the molecule is CCOc1ccc(NC(=O)N2CC(=O)N(CC(=O)Nc3ccccc3CC)c3ccccc32)cc1. The highest BCUT2D eigenvalue weighted by Crippen LogP contribution is 2.34. The standard InChI is InChI=1S/C27H28N4O4/c1-3-19-9-5-6-10-22(19)29-25(32)17-30-23-11-7-8-12-24(23)31(18-26(30)33)27(34)28-20-13-15-21(16-14-20)35-4-2/h5-16H,3-4,17-18H2,1-2H3,(H,28,34)(H,29,32). The van der Waals surface area contributed by atoms with Gasteiger partial charge in [-0.15, -0.1) is 0 Å². The molecule has 0 radical (unpaired) electrons. The number of nitrogens with one attached hydrogen (secondary N) is 2. The molecular formula is C27H28N4O4. The van der Waals surface area contributed by atoms with Crippen LogP contribution in [-0.4, -0.2) is 37.5 Å². The minimum Gasteiger partial charge on any atom is -0.494 e. The first-order valence-corrected chi connectivity index (χ1v) is 11.6. The quantitative estimate of drug-likeness (QED) is 0.523. The second kappa shape index (κ2) is 10.7. The minimum atomic E-state index is -0.434. The molecule has 0 spiro atoms. The fraction of sp³-hybridized carbons (Fsp3) is 0.222. The van der Waals surface area contributed by atoms with Crippen LogP contribution in [0.15, 0.2) is 72.8 Å². The summed E-state index contributed by atoms with van der Waals surface area (Å²) in [4.78, 5) is 41.7.